The number of nitrogens with two attached hydrogens (primary N) is 1. The van der Waals surface area contributed by atoms with E-state index in [-0.39, 0.29) is 30.3 Å². The molecule has 2 atom stereocenters. The van der Waals surface area contributed by atoms with Gasteiger partial charge in [-0.3, -0.25) is 4.79 Å². The van der Waals surface area contributed by atoms with Gasteiger partial charge in [-0.05, 0) is 37.8 Å². The molecule has 0 heterocycles. The van der Waals surface area contributed by atoms with Crippen molar-refractivity contribution in [3.05, 3.63) is 24.3 Å². The van der Waals surface area contributed by atoms with E-state index in [1.807, 2.05) is 24.3 Å². The van der Waals surface area contributed by atoms with Crippen LogP contribution in [0.1, 0.15) is 45.4 Å². The van der Waals surface area contributed by atoms with Crippen LogP contribution in [0.5, 0.6) is 5.75 Å². The second-order valence-corrected chi connectivity index (χ2v) is 5.81. The quantitative estimate of drug-likeness (QED) is 0.783. The van der Waals surface area contributed by atoms with Gasteiger partial charge in [0.15, 0.2) is 0 Å². The third kappa shape index (κ3) is 5.50. The lowest BCUT2D eigenvalue weighted by molar-refractivity contribution is -0.120. The van der Waals surface area contributed by atoms with Crippen molar-refractivity contribution in [2.24, 2.45) is 11.7 Å². The number of para-hydroxylation sites is 2. The van der Waals surface area contributed by atoms with Gasteiger partial charge in [0.1, 0.15) is 5.75 Å². The molecule has 1 fully saturated rings. The molecule has 22 heavy (non-hydrogen) atoms. The van der Waals surface area contributed by atoms with Crippen LogP contribution in [0.2, 0.25) is 0 Å². The molecule has 1 aliphatic rings. The number of nitrogens with one attached hydrogen (secondary N) is 1. The molecule has 2 rings (SSSR count). The Morgan fingerprint density at radius 3 is 2.86 bits per heavy atom. The molecule has 4 nitrogen and oxygen atoms in total. The fourth-order valence-electron chi connectivity index (χ4n) is 2.72. The Morgan fingerprint density at radius 1 is 1.36 bits per heavy atom. The molecule has 0 bridgehead atoms. The van der Waals surface area contributed by atoms with Crippen molar-refractivity contribution in [3.63, 3.8) is 0 Å². The minimum Gasteiger partial charge on any atom is -0.491 e. The van der Waals surface area contributed by atoms with E-state index in [1.54, 1.807) is 0 Å². The summed E-state index contributed by atoms with van der Waals surface area (Å²) in [5.74, 6) is 0.841. The fourth-order valence-corrected chi connectivity index (χ4v) is 2.72. The Labute approximate surface area is 139 Å². The van der Waals surface area contributed by atoms with Crippen LogP contribution in [0.3, 0.4) is 0 Å². The maximum absolute atomic E-state index is 12.4. The summed E-state index contributed by atoms with van der Waals surface area (Å²) >= 11 is 0. The third-order valence-electron chi connectivity index (χ3n) is 3.99. The zero-order chi connectivity index (χ0) is 15.1. The first-order valence-electron chi connectivity index (χ1n) is 7.99. The topological polar surface area (TPSA) is 64.3 Å². The number of amides is 1. The van der Waals surface area contributed by atoms with Gasteiger partial charge in [0.05, 0.1) is 12.3 Å². The first-order valence-corrected chi connectivity index (χ1v) is 7.99. The second kappa shape index (κ2) is 9.70. The van der Waals surface area contributed by atoms with Crippen molar-refractivity contribution in [2.45, 2.75) is 51.5 Å². The molecule has 0 aliphatic heterocycles. The van der Waals surface area contributed by atoms with Crippen LogP contribution in [0, 0.1) is 5.92 Å². The highest BCUT2D eigenvalue weighted by atomic mass is 35.5. The molecule has 1 aliphatic carbocycles. The summed E-state index contributed by atoms with van der Waals surface area (Å²) in [6.45, 7) is 2.81. The fraction of sp³-hybridized carbons (Fsp3) is 0.588. The largest absolute Gasteiger partial charge is 0.491 e. The van der Waals surface area contributed by atoms with E-state index in [2.05, 4.69) is 12.2 Å². The summed E-state index contributed by atoms with van der Waals surface area (Å²) < 4.78 is 5.75. The average molecular weight is 327 g/mol. The minimum atomic E-state index is 0. The second-order valence-electron chi connectivity index (χ2n) is 5.81. The maximum Gasteiger partial charge on any atom is 0.227 e. The van der Waals surface area contributed by atoms with Crippen molar-refractivity contribution in [1.82, 2.24) is 0 Å². The number of anilines is 1. The summed E-state index contributed by atoms with van der Waals surface area (Å²) in [6, 6.07) is 7.79. The van der Waals surface area contributed by atoms with E-state index in [0.29, 0.717) is 6.61 Å². The first-order chi connectivity index (χ1) is 10.2. The van der Waals surface area contributed by atoms with Crippen LogP contribution in [-0.2, 0) is 4.79 Å². The van der Waals surface area contributed by atoms with E-state index in [1.165, 1.54) is 0 Å². The molecule has 2 unspecified atom stereocenters. The molecular weight excluding hydrogens is 300 g/mol. The molecule has 3 N–H and O–H groups in total. The van der Waals surface area contributed by atoms with Gasteiger partial charge in [0.25, 0.3) is 0 Å². The number of hydrogen-bond acceptors (Lipinski definition) is 3. The molecule has 5 heteroatoms. The standard InChI is InChI=1S/C17H26N2O2.ClH/c1-2-3-11-21-16-10-5-4-9-15(16)19-17(20)13-7-6-8-14(18)12-13;/h4-5,9-10,13-14H,2-3,6-8,11-12,18H2,1H3,(H,19,20);1H. The summed E-state index contributed by atoms with van der Waals surface area (Å²) in [5.41, 5.74) is 6.72. The third-order valence-corrected chi connectivity index (χ3v) is 3.99. The van der Waals surface area contributed by atoms with Crippen molar-refractivity contribution in [2.75, 3.05) is 11.9 Å². The molecule has 1 aromatic carbocycles. The van der Waals surface area contributed by atoms with Crippen LogP contribution >= 0.6 is 12.4 Å². The minimum absolute atomic E-state index is 0. The molecule has 0 spiro atoms. The van der Waals surface area contributed by atoms with Crippen LogP contribution in [0.25, 0.3) is 0 Å². The van der Waals surface area contributed by atoms with Crippen LogP contribution in [-0.4, -0.2) is 18.6 Å². The van der Waals surface area contributed by atoms with Gasteiger partial charge in [0.2, 0.25) is 5.91 Å². The lowest BCUT2D eigenvalue weighted by Gasteiger charge is -2.26. The lowest BCUT2D eigenvalue weighted by atomic mass is 9.85. The van der Waals surface area contributed by atoms with Crippen molar-refractivity contribution < 1.29 is 9.53 Å². The van der Waals surface area contributed by atoms with Crippen molar-refractivity contribution in [3.8, 4) is 5.75 Å². The molecule has 1 amide bonds. The first kappa shape index (κ1) is 18.8. The average Bonchev–Trinajstić information content (AvgIpc) is 2.49. The maximum atomic E-state index is 12.4. The molecule has 1 aromatic rings. The molecule has 1 saturated carbocycles. The van der Waals surface area contributed by atoms with Gasteiger partial charge in [-0.25, -0.2) is 0 Å². The summed E-state index contributed by atoms with van der Waals surface area (Å²) in [4.78, 5) is 12.4. The SMILES string of the molecule is CCCCOc1ccccc1NC(=O)C1CCCC(N)C1.Cl. The van der Waals surface area contributed by atoms with Gasteiger partial charge in [0, 0.05) is 12.0 Å². The smallest absolute Gasteiger partial charge is 0.227 e. The molecule has 0 aromatic heterocycles. The van der Waals surface area contributed by atoms with Gasteiger partial charge < -0.3 is 15.8 Å². The highest BCUT2D eigenvalue weighted by molar-refractivity contribution is 5.94. The van der Waals surface area contributed by atoms with Gasteiger partial charge in [-0.15, -0.1) is 12.4 Å². The summed E-state index contributed by atoms with van der Waals surface area (Å²) in [5, 5.41) is 3.01. The van der Waals surface area contributed by atoms with Crippen molar-refractivity contribution >= 4 is 24.0 Å². The lowest BCUT2D eigenvalue weighted by Crippen LogP contribution is -2.34. The number of unbranched alkanes of at least 4 members (excludes halogenated alkanes) is 1. The van der Waals surface area contributed by atoms with E-state index in [4.69, 9.17) is 10.5 Å². The Hall–Kier alpha value is -1.26. The Balaban J connectivity index is 0.00000242. The Morgan fingerprint density at radius 2 is 2.14 bits per heavy atom. The molecule has 0 saturated heterocycles. The number of carbonyl (C=O) groups excluding carboxylic acids is 1. The Bertz CT molecular complexity index is 468. The zero-order valence-electron chi connectivity index (χ0n) is 13.2. The molecular formula is C17H27ClN2O2. The summed E-state index contributed by atoms with van der Waals surface area (Å²) in [7, 11) is 0. The molecule has 124 valence electrons. The van der Waals surface area contributed by atoms with Crippen molar-refractivity contribution in [1.29, 1.82) is 0 Å². The normalized spacial score (nSPS) is 20.8. The van der Waals surface area contributed by atoms with E-state index < -0.39 is 0 Å². The number of halogens is 1. The predicted octanol–water partition coefficient (Wildman–Crippen LogP) is 3.74. The zero-order valence-corrected chi connectivity index (χ0v) is 14.0. The van der Waals surface area contributed by atoms with E-state index >= 15 is 0 Å². The van der Waals surface area contributed by atoms with Crippen LogP contribution in [0.15, 0.2) is 24.3 Å². The van der Waals surface area contributed by atoms with Crippen LogP contribution in [0.4, 0.5) is 5.69 Å². The number of carbonyl (C=O) groups is 1. The highest BCUT2D eigenvalue weighted by Gasteiger charge is 2.25. The molecule has 0 radical (unpaired) electrons. The summed E-state index contributed by atoms with van der Waals surface area (Å²) in [6.07, 6.45) is 5.88. The number of ether oxygens (including phenoxy) is 1. The van der Waals surface area contributed by atoms with Gasteiger partial charge in [-0.2, -0.15) is 0 Å². The van der Waals surface area contributed by atoms with Gasteiger partial charge in [-0.1, -0.05) is 31.9 Å². The number of hydrogen-bond donors (Lipinski definition) is 2. The highest BCUT2D eigenvalue weighted by Crippen LogP contribution is 2.28. The number of benzene rings is 1. The predicted molar refractivity (Wildman–Crippen MR) is 92.7 cm³/mol. The monoisotopic (exact) mass is 326 g/mol. The van der Waals surface area contributed by atoms with Crippen LogP contribution < -0.4 is 15.8 Å². The van der Waals surface area contributed by atoms with E-state index in [0.717, 1.165) is 50.0 Å². The van der Waals surface area contributed by atoms with Gasteiger partial charge >= 0.3 is 0 Å². The Kier molecular flexibility index (Phi) is 8.28. The number of rotatable bonds is 6. The van der Waals surface area contributed by atoms with E-state index in [9.17, 15) is 4.79 Å².